The highest BCUT2D eigenvalue weighted by Crippen LogP contribution is 2.54. The molecule has 1 saturated heterocycles. The van der Waals surface area contributed by atoms with Gasteiger partial charge in [-0.2, -0.15) is 5.10 Å². The van der Waals surface area contributed by atoms with E-state index >= 15 is 0 Å². The van der Waals surface area contributed by atoms with Crippen LogP contribution >= 0.6 is 0 Å². The van der Waals surface area contributed by atoms with Crippen molar-refractivity contribution in [2.45, 2.75) is 64.3 Å². The second-order valence-electron chi connectivity index (χ2n) is 11.0. The van der Waals surface area contributed by atoms with E-state index in [1.165, 1.54) is 35.3 Å². The number of halogens is 1. The van der Waals surface area contributed by atoms with Crippen molar-refractivity contribution in [2.75, 3.05) is 6.54 Å². The SMILES string of the molecule is C[C@]12Cc3cnn(-c4ccc(F)cc4)c3C=C1CCC2C(=O)N1CCCCC1CCc1ccccc1. The first-order valence-corrected chi connectivity index (χ1v) is 13.4. The maximum absolute atomic E-state index is 14.1. The number of hydrogen-bond donors (Lipinski definition) is 0. The summed E-state index contributed by atoms with van der Waals surface area (Å²) in [4.78, 5) is 16.3. The Morgan fingerprint density at radius 3 is 2.69 bits per heavy atom. The number of rotatable bonds is 5. The van der Waals surface area contributed by atoms with Crippen LogP contribution in [0, 0.1) is 17.2 Å². The van der Waals surface area contributed by atoms with E-state index in [-0.39, 0.29) is 17.2 Å². The molecule has 2 heterocycles. The highest BCUT2D eigenvalue weighted by Gasteiger charge is 2.50. The molecule has 1 saturated carbocycles. The molecule has 2 unspecified atom stereocenters. The van der Waals surface area contributed by atoms with Gasteiger partial charge in [-0.25, -0.2) is 9.07 Å². The molecule has 3 atom stereocenters. The van der Waals surface area contributed by atoms with Crippen LogP contribution in [0.2, 0.25) is 0 Å². The lowest BCUT2D eigenvalue weighted by Gasteiger charge is -2.42. The summed E-state index contributed by atoms with van der Waals surface area (Å²) in [7, 11) is 0. The van der Waals surface area contributed by atoms with Crippen molar-refractivity contribution in [3.63, 3.8) is 0 Å². The Bertz CT molecular complexity index is 1280. The molecule has 2 aliphatic carbocycles. The average Bonchev–Trinajstić information content (AvgIpc) is 3.46. The van der Waals surface area contributed by atoms with E-state index in [1.807, 2.05) is 10.9 Å². The molecule has 0 radical (unpaired) electrons. The van der Waals surface area contributed by atoms with Crippen LogP contribution in [0.4, 0.5) is 4.39 Å². The molecule has 186 valence electrons. The number of likely N-dealkylation sites (tertiary alicyclic amines) is 1. The van der Waals surface area contributed by atoms with Gasteiger partial charge in [0.15, 0.2) is 0 Å². The van der Waals surface area contributed by atoms with Crippen molar-refractivity contribution in [2.24, 2.45) is 11.3 Å². The van der Waals surface area contributed by atoms with E-state index < -0.39 is 0 Å². The van der Waals surface area contributed by atoms with Crippen LogP contribution in [0.15, 0.2) is 66.4 Å². The number of aryl methyl sites for hydroxylation is 1. The van der Waals surface area contributed by atoms with Crippen LogP contribution in [0.25, 0.3) is 11.8 Å². The number of aromatic nitrogens is 2. The molecule has 1 aliphatic heterocycles. The third-order valence-electron chi connectivity index (χ3n) is 8.85. The third kappa shape index (κ3) is 4.08. The highest BCUT2D eigenvalue weighted by atomic mass is 19.1. The minimum atomic E-state index is -0.248. The number of fused-ring (bicyclic) bond motifs is 2. The van der Waals surface area contributed by atoms with Crippen LogP contribution in [0.3, 0.4) is 0 Å². The van der Waals surface area contributed by atoms with E-state index in [0.29, 0.717) is 11.9 Å². The Balaban J connectivity index is 1.22. The Kier molecular flexibility index (Phi) is 6.02. The molecule has 6 rings (SSSR count). The minimum Gasteiger partial charge on any atom is -0.339 e. The second-order valence-corrected chi connectivity index (χ2v) is 11.0. The van der Waals surface area contributed by atoms with Gasteiger partial charge < -0.3 is 4.90 Å². The normalized spacial score (nSPS) is 25.3. The summed E-state index contributed by atoms with van der Waals surface area (Å²) < 4.78 is 15.4. The van der Waals surface area contributed by atoms with E-state index in [1.54, 1.807) is 12.1 Å². The smallest absolute Gasteiger partial charge is 0.226 e. The van der Waals surface area contributed by atoms with Gasteiger partial charge in [0.1, 0.15) is 5.82 Å². The second kappa shape index (κ2) is 9.34. The first-order valence-electron chi connectivity index (χ1n) is 13.4. The molecule has 0 spiro atoms. The van der Waals surface area contributed by atoms with Gasteiger partial charge in [-0.15, -0.1) is 0 Å². The zero-order valence-corrected chi connectivity index (χ0v) is 21.0. The lowest BCUT2D eigenvalue weighted by atomic mass is 9.69. The van der Waals surface area contributed by atoms with Gasteiger partial charge in [-0.05, 0) is 92.8 Å². The molecule has 36 heavy (non-hydrogen) atoms. The Labute approximate surface area is 212 Å². The molecule has 4 nitrogen and oxygen atoms in total. The fraction of sp³-hybridized carbons (Fsp3) is 0.419. The number of carbonyl (C=O) groups excluding carboxylic acids is 1. The molecular formula is C31H34FN3O. The molecule has 2 aromatic carbocycles. The average molecular weight is 484 g/mol. The van der Waals surface area contributed by atoms with Gasteiger partial charge in [0.25, 0.3) is 0 Å². The Morgan fingerprint density at radius 2 is 1.89 bits per heavy atom. The number of nitrogens with zero attached hydrogens (tertiary/aromatic N) is 3. The van der Waals surface area contributed by atoms with Crippen molar-refractivity contribution in [1.82, 2.24) is 14.7 Å². The zero-order valence-electron chi connectivity index (χ0n) is 21.0. The number of amides is 1. The number of hydrogen-bond acceptors (Lipinski definition) is 2. The van der Waals surface area contributed by atoms with Crippen molar-refractivity contribution in [3.05, 3.63) is 89.0 Å². The number of piperidine rings is 1. The van der Waals surface area contributed by atoms with E-state index in [9.17, 15) is 9.18 Å². The lowest BCUT2D eigenvalue weighted by Crippen LogP contribution is -2.49. The third-order valence-corrected chi connectivity index (χ3v) is 8.85. The van der Waals surface area contributed by atoms with Crippen LogP contribution in [-0.4, -0.2) is 33.2 Å². The maximum Gasteiger partial charge on any atom is 0.226 e. The van der Waals surface area contributed by atoms with Gasteiger partial charge in [-0.3, -0.25) is 4.79 Å². The predicted molar refractivity (Wildman–Crippen MR) is 140 cm³/mol. The molecule has 3 aliphatic rings. The van der Waals surface area contributed by atoms with Gasteiger partial charge in [-0.1, -0.05) is 42.8 Å². The minimum absolute atomic E-state index is 0.0170. The predicted octanol–water partition coefficient (Wildman–Crippen LogP) is 6.38. The monoisotopic (exact) mass is 483 g/mol. The van der Waals surface area contributed by atoms with Crippen LogP contribution in [0.1, 0.15) is 62.3 Å². The fourth-order valence-electron chi connectivity index (χ4n) is 6.80. The fourth-order valence-corrected chi connectivity index (χ4v) is 6.80. The molecule has 1 amide bonds. The van der Waals surface area contributed by atoms with Crippen LogP contribution in [0.5, 0.6) is 0 Å². The van der Waals surface area contributed by atoms with Crippen molar-refractivity contribution >= 4 is 12.0 Å². The summed E-state index contributed by atoms with van der Waals surface area (Å²) in [5.41, 5.74) is 5.65. The van der Waals surface area contributed by atoms with Crippen LogP contribution < -0.4 is 0 Å². The summed E-state index contributed by atoms with van der Waals surface area (Å²) in [6.07, 6.45) is 12.4. The van der Waals surface area contributed by atoms with Gasteiger partial charge >= 0.3 is 0 Å². The molecule has 3 aromatic rings. The Morgan fingerprint density at radius 1 is 1.08 bits per heavy atom. The number of carbonyl (C=O) groups is 1. The largest absolute Gasteiger partial charge is 0.339 e. The standard InChI is InChI=1S/C31H34FN3O/c1-31-20-23-21-33-35(27-15-12-25(32)13-16-27)29(23)19-24(31)11-17-28(31)30(36)34-18-6-5-9-26(34)14-10-22-7-3-2-4-8-22/h2-4,7-8,12-13,15-16,19,21,26,28H,5-6,9-11,14,17-18,20H2,1H3/t26?,28?,31-/m0/s1. The van der Waals surface area contributed by atoms with Crippen LogP contribution in [-0.2, 0) is 17.6 Å². The summed E-state index contributed by atoms with van der Waals surface area (Å²) in [5.74, 6) is 0.124. The first-order chi connectivity index (χ1) is 17.5. The topological polar surface area (TPSA) is 38.1 Å². The molecule has 0 bridgehead atoms. The summed E-state index contributed by atoms with van der Waals surface area (Å²) in [6, 6.07) is 17.5. The van der Waals surface area contributed by atoms with Gasteiger partial charge in [0.2, 0.25) is 5.91 Å². The van der Waals surface area contributed by atoms with Crippen molar-refractivity contribution < 1.29 is 9.18 Å². The van der Waals surface area contributed by atoms with Gasteiger partial charge in [0.05, 0.1) is 17.6 Å². The molecule has 5 heteroatoms. The van der Waals surface area contributed by atoms with Gasteiger partial charge in [0, 0.05) is 23.9 Å². The summed E-state index contributed by atoms with van der Waals surface area (Å²) >= 11 is 0. The maximum atomic E-state index is 14.1. The van der Waals surface area contributed by atoms with E-state index in [4.69, 9.17) is 0 Å². The van der Waals surface area contributed by atoms with Crippen molar-refractivity contribution in [1.29, 1.82) is 0 Å². The van der Waals surface area contributed by atoms with E-state index in [0.717, 1.165) is 62.9 Å². The lowest BCUT2D eigenvalue weighted by molar-refractivity contribution is -0.142. The van der Waals surface area contributed by atoms with Crippen molar-refractivity contribution in [3.8, 4) is 5.69 Å². The van der Waals surface area contributed by atoms with E-state index in [2.05, 4.69) is 53.3 Å². The zero-order chi connectivity index (χ0) is 24.7. The molecule has 0 N–H and O–H groups in total. The Hall–Kier alpha value is -3.21. The summed E-state index contributed by atoms with van der Waals surface area (Å²) in [6.45, 7) is 3.17. The number of allylic oxidation sites excluding steroid dienone is 1. The molecule has 2 fully saturated rings. The highest BCUT2D eigenvalue weighted by molar-refractivity contribution is 5.82. The summed E-state index contributed by atoms with van der Waals surface area (Å²) in [5, 5.41) is 4.64. The number of benzene rings is 2. The quantitative estimate of drug-likeness (QED) is 0.422. The first kappa shape index (κ1) is 23.2. The molecular weight excluding hydrogens is 449 g/mol. The molecule has 1 aromatic heterocycles.